The second-order valence-electron chi connectivity index (χ2n) is 5.44. The molecule has 1 aromatic carbocycles. The van der Waals surface area contributed by atoms with Crippen molar-refractivity contribution in [2.75, 3.05) is 13.7 Å². The molecule has 1 amide bonds. The van der Waals surface area contributed by atoms with Gasteiger partial charge in [0.25, 0.3) is 5.91 Å². The summed E-state index contributed by atoms with van der Waals surface area (Å²) in [5.74, 6) is -1.10. The Morgan fingerprint density at radius 1 is 1.39 bits per heavy atom. The lowest BCUT2D eigenvalue weighted by Crippen LogP contribution is -2.45. The molecule has 0 unspecified atom stereocenters. The van der Waals surface area contributed by atoms with E-state index in [0.717, 1.165) is 10.1 Å². The maximum Gasteiger partial charge on any atom is 0.350 e. The fourth-order valence-electron chi connectivity index (χ4n) is 1.82. The Morgan fingerprint density at radius 2 is 2.04 bits per heavy atom. The minimum Gasteiger partial charge on any atom is -0.451 e. The second-order valence-corrected chi connectivity index (χ2v) is 6.87. The molecule has 0 aliphatic rings. The van der Waals surface area contributed by atoms with E-state index in [1.807, 2.05) is 30.3 Å². The molecule has 120 valence electrons. The highest BCUT2D eigenvalue weighted by Crippen LogP contribution is 2.35. The summed E-state index contributed by atoms with van der Waals surface area (Å²) in [5.41, 5.74) is -0.973. The minimum atomic E-state index is -0.973. The van der Waals surface area contributed by atoms with Gasteiger partial charge in [-0.25, -0.2) is 4.79 Å². The fraction of sp³-hybridized carbons (Fsp3) is 0.312. The molecule has 1 aromatic heterocycles. The van der Waals surface area contributed by atoms with E-state index < -0.39 is 24.0 Å². The van der Waals surface area contributed by atoms with Crippen molar-refractivity contribution < 1.29 is 14.3 Å². The molecule has 2 aromatic rings. The number of carbonyl (C=O) groups excluding carboxylic acids is 2. The monoisotopic (exact) mass is 350 g/mol. The van der Waals surface area contributed by atoms with Crippen molar-refractivity contribution >= 4 is 44.9 Å². The van der Waals surface area contributed by atoms with Gasteiger partial charge in [-0.2, -0.15) is 5.26 Å². The van der Waals surface area contributed by atoms with Gasteiger partial charge in [-0.15, -0.1) is 11.3 Å². The molecule has 0 saturated carbocycles. The number of rotatable bonds is 4. The Labute approximate surface area is 143 Å². The molecular formula is C16H15ClN2O3S. The average Bonchev–Trinajstić information content (AvgIpc) is 2.89. The first kappa shape index (κ1) is 17.3. The van der Waals surface area contributed by atoms with Gasteiger partial charge in [0.15, 0.2) is 6.61 Å². The number of nitrogens with zero attached hydrogens (tertiary/aromatic N) is 2. The van der Waals surface area contributed by atoms with Crippen LogP contribution in [0.4, 0.5) is 0 Å². The molecule has 0 saturated heterocycles. The lowest BCUT2D eigenvalue weighted by Gasteiger charge is -2.28. The Balaban J connectivity index is 2.09. The van der Waals surface area contributed by atoms with Gasteiger partial charge in [-0.1, -0.05) is 29.8 Å². The summed E-state index contributed by atoms with van der Waals surface area (Å²) in [5, 5.41) is 10.1. The maximum atomic E-state index is 12.1. The molecule has 5 nitrogen and oxygen atoms in total. The highest BCUT2D eigenvalue weighted by Gasteiger charge is 2.28. The number of benzene rings is 1. The topological polar surface area (TPSA) is 70.4 Å². The number of halogens is 1. The molecule has 0 aliphatic heterocycles. The van der Waals surface area contributed by atoms with Crippen LogP contribution < -0.4 is 0 Å². The van der Waals surface area contributed by atoms with Crippen LogP contribution >= 0.6 is 22.9 Å². The molecule has 0 N–H and O–H groups in total. The van der Waals surface area contributed by atoms with Crippen LogP contribution in [0.5, 0.6) is 0 Å². The van der Waals surface area contributed by atoms with Crippen molar-refractivity contribution in [3.8, 4) is 6.07 Å². The van der Waals surface area contributed by atoms with Gasteiger partial charge in [-0.05, 0) is 19.9 Å². The first-order valence-corrected chi connectivity index (χ1v) is 7.99. The molecule has 0 spiro atoms. The first-order valence-electron chi connectivity index (χ1n) is 6.80. The molecular weight excluding hydrogens is 336 g/mol. The minimum absolute atomic E-state index is 0.267. The van der Waals surface area contributed by atoms with E-state index in [4.69, 9.17) is 21.6 Å². The van der Waals surface area contributed by atoms with Gasteiger partial charge in [0, 0.05) is 17.1 Å². The SMILES string of the molecule is CN(C(=O)COC(=O)c1sc2ccccc2c1Cl)C(C)(C)C#N. The van der Waals surface area contributed by atoms with Gasteiger partial charge in [0.05, 0.1) is 11.1 Å². The molecule has 0 fully saturated rings. The van der Waals surface area contributed by atoms with Crippen molar-refractivity contribution in [2.45, 2.75) is 19.4 Å². The van der Waals surface area contributed by atoms with Gasteiger partial charge < -0.3 is 9.64 Å². The summed E-state index contributed by atoms with van der Waals surface area (Å²) < 4.78 is 5.92. The van der Waals surface area contributed by atoms with Crippen molar-refractivity contribution in [2.24, 2.45) is 0 Å². The van der Waals surface area contributed by atoms with Crippen molar-refractivity contribution in [1.82, 2.24) is 4.90 Å². The number of fused-ring (bicyclic) bond motifs is 1. The van der Waals surface area contributed by atoms with Gasteiger partial charge in [0.2, 0.25) is 0 Å². The Morgan fingerprint density at radius 3 is 2.65 bits per heavy atom. The second kappa shape index (κ2) is 6.57. The number of likely N-dealkylation sites (N-methyl/N-ethyl adjacent to an activating group) is 1. The van der Waals surface area contributed by atoms with Gasteiger partial charge >= 0.3 is 5.97 Å². The number of amides is 1. The number of ether oxygens (including phenoxy) is 1. The zero-order valence-electron chi connectivity index (χ0n) is 12.9. The van der Waals surface area contributed by atoms with E-state index in [-0.39, 0.29) is 4.88 Å². The van der Waals surface area contributed by atoms with Crippen LogP contribution in [-0.2, 0) is 9.53 Å². The zero-order chi connectivity index (χ0) is 17.2. The van der Waals surface area contributed by atoms with E-state index in [0.29, 0.717) is 5.02 Å². The van der Waals surface area contributed by atoms with Crippen molar-refractivity contribution in [3.05, 3.63) is 34.2 Å². The highest BCUT2D eigenvalue weighted by molar-refractivity contribution is 7.21. The third-order valence-corrected chi connectivity index (χ3v) is 5.19. The quantitative estimate of drug-likeness (QED) is 0.791. The smallest absolute Gasteiger partial charge is 0.350 e. The summed E-state index contributed by atoms with van der Waals surface area (Å²) in [6, 6.07) is 9.38. The first-order chi connectivity index (χ1) is 10.8. The molecule has 0 radical (unpaired) electrons. The largest absolute Gasteiger partial charge is 0.451 e. The molecule has 2 rings (SSSR count). The zero-order valence-corrected chi connectivity index (χ0v) is 14.5. The summed E-state index contributed by atoms with van der Waals surface area (Å²) in [6.45, 7) is 2.77. The maximum absolute atomic E-state index is 12.1. The van der Waals surface area contributed by atoms with Gasteiger partial charge in [0.1, 0.15) is 10.4 Å². The van der Waals surface area contributed by atoms with E-state index in [1.165, 1.54) is 23.3 Å². The number of carbonyl (C=O) groups is 2. The van der Waals surface area contributed by atoms with Crippen LogP contribution in [0.15, 0.2) is 24.3 Å². The number of esters is 1. The molecule has 1 heterocycles. The van der Waals surface area contributed by atoms with Crippen LogP contribution in [0.3, 0.4) is 0 Å². The summed E-state index contributed by atoms with van der Waals surface area (Å²) >= 11 is 7.41. The predicted octanol–water partition coefficient (Wildman–Crippen LogP) is 3.47. The Kier molecular flexibility index (Phi) is 4.93. The standard InChI is InChI=1S/C16H15ClN2O3S/c1-16(2,9-18)19(3)12(20)8-22-15(21)14-13(17)10-6-4-5-7-11(10)23-14/h4-7H,8H2,1-3H3. The highest BCUT2D eigenvalue weighted by atomic mass is 35.5. The third kappa shape index (κ3) is 3.46. The number of hydrogen-bond acceptors (Lipinski definition) is 5. The van der Waals surface area contributed by atoms with Crippen LogP contribution in [0.1, 0.15) is 23.5 Å². The molecule has 7 heteroatoms. The molecule has 0 aliphatic carbocycles. The summed E-state index contributed by atoms with van der Waals surface area (Å²) in [4.78, 5) is 25.7. The summed E-state index contributed by atoms with van der Waals surface area (Å²) in [7, 11) is 1.49. The van der Waals surface area contributed by atoms with E-state index in [1.54, 1.807) is 13.8 Å². The van der Waals surface area contributed by atoms with E-state index in [9.17, 15) is 9.59 Å². The van der Waals surface area contributed by atoms with Crippen LogP contribution in [-0.4, -0.2) is 36.0 Å². The van der Waals surface area contributed by atoms with E-state index >= 15 is 0 Å². The average molecular weight is 351 g/mol. The van der Waals surface area contributed by atoms with Crippen molar-refractivity contribution in [1.29, 1.82) is 5.26 Å². The van der Waals surface area contributed by atoms with Crippen LogP contribution in [0.2, 0.25) is 5.02 Å². The van der Waals surface area contributed by atoms with Crippen LogP contribution in [0, 0.1) is 11.3 Å². The number of nitriles is 1. The Bertz CT molecular complexity index is 807. The number of thiophene rings is 1. The van der Waals surface area contributed by atoms with Crippen molar-refractivity contribution in [3.63, 3.8) is 0 Å². The molecule has 0 bridgehead atoms. The van der Waals surface area contributed by atoms with Gasteiger partial charge in [-0.3, -0.25) is 4.79 Å². The normalized spacial score (nSPS) is 11.1. The fourth-order valence-corrected chi connectivity index (χ4v) is 3.22. The third-order valence-electron chi connectivity index (χ3n) is 3.53. The lowest BCUT2D eigenvalue weighted by atomic mass is 10.1. The molecule has 0 atom stereocenters. The molecule has 23 heavy (non-hydrogen) atoms. The predicted molar refractivity (Wildman–Crippen MR) is 89.6 cm³/mol. The lowest BCUT2D eigenvalue weighted by molar-refractivity contribution is -0.136. The summed E-state index contributed by atoms with van der Waals surface area (Å²) in [6.07, 6.45) is 0. The van der Waals surface area contributed by atoms with Crippen LogP contribution in [0.25, 0.3) is 10.1 Å². The Hall–Kier alpha value is -2.10. The van der Waals surface area contributed by atoms with E-state index in [2.05, 4.69) is 0 Å². The number of hydrogen-bond donors (Lipinski definition) is 0.